The number of ether oxygens (including phenoxy) is 2. The number of azo groups is 1. The minimum absolute atomic E-state index is 0.0195. The van der Waals surface area contributed by atoms with Crippen LogP contribution in [0.5, 0.6) is 17.2 Å². The van der Waals surface area contributed by atoms with Crippen LogP contribution in [0.1, 0.15) is 65.2 Å². The predicted octanol–water partition coefficient (Wildman–Crippen LogP) is 14.0. The Morgan fingerprint density at radius 1 is 0.519 bits per heavy atom. The van der Waals surface area contributed by atoms with Crippen LogP contribution in [0.25, 0.3) is 71.5 Å². The highest BCUT2D eigenvalue weighted by Gasteiger charge is 2.31. The Morgan fingerprint density at radius 3 is 1.81 bits per heavy atom. The molecule has 3 amide bonds. The van der Waals surface area contributed by atoms with Gasteiger partial charge in [0.2, 0.25) is 15.8 Å². The molecule has 3 heterocycles. The van der Waals surface area contributed by atoms with Gasteiger partial charge < -0.3 is 55.6 Å². The van der Waals surface area contributed by atoms with Crippen molar-refractivity contribution in [3.05, 3.63) is 292 Å². The van der Waals surface area contributed by atoms with E-state index in [-0.39, 0.29) is 68.8 Å². The summed E-state index contributed by atoms with van der Waals surface area (Å²) in [5.74, 6) is -2.26. The summed E-state index contributed by atoms with van der Waals surface area (Å²) in [6, 6.07) is 57.9. The van der Waals surface area contributed by atoms with E-state index in [0.29, 0.717) is 116 Å². The van der Waals surface area contributed by atoms with Crippen molar-refractivity contribution < 1.29 is 47.3 Å². The van der Waals surface area contributed by atoms with Crippen LogP contribution in [0.3, 0.4) is 0 Å². The number of hydrazone groups is 1. The van der Waals surface area contributed by atoms with Gasteiger partial charge in [-0.25, -0.2) is 18.4 Å². The number of ketones is 1. The fraction of sp³-hybridized carbons (Fsp3) is 0.0976. The number of carbonyl (C=O) groups excluding carboxylic acids is 4. The molecule has 3 aromatic heterocycles. The first-order valence-electron chi connectivity index (χ1n) is 33.6. The van der Waals surface area contributed by atoms with Crippen molar-refractivity contribution in [3.63, 3.8) is 0 Å². The number of aliphatic hydroxyl groups excluding tert-OH is 1. The number of sulfonamides is 1. The molecule has 26 heteroatoms. The summed E-state index contributed by atoms with van der Waals surface area (Å²) in [4.78, 5) is 102. The molecule has 0 unspecified atom stereocenters. The monoisotopic (exact) mass is 1460 g/mol. The molecule has 0 spiro atoms. The highest BCUT2D eigenvalue weighted by molar-refractivity contribution is 7.88. The quantitative estimate of drug-likeness (QED) is 0.0197. The molecule has 1 aliphatic carbocycles. The first-order valence-corrected chi connectivity index (χ1v) is 35.3. The Labute approximate surface area is 614 Å². The molecule has 12 N–H and O–H groups in total. The smallest absolute Gasteiger partial charge is 0.323 e. The minimum Gasteiger partial charge on any atom is -0.505 e. The van der Waals surface area contributed by atoms with Crippen LogP contribution in [-0.2, 0) is 32.0 Å². The van der Waals surface area contributed by atoms with E-state index in [0.717, 1.165) is 27.7 Å². The number of aromatic amines is 4. The summed E-state index contributed by atoms with van der Waals surface area (Å²) in [7, 11) is -0.879. The number of fused-ring (bicyclic) bond motifs is 7. The van der Waals surface area contributed by atoms with E-state index < -0.39 is 33.4 Å². The fourth-order valence-corrected chi connectivity index (χ4v) is 13.3. The number of benzene rings is 11. The number of hydrogen-bond donors (Lipinski definition) is 11. The number of Topliss-reactive ketones (excluding diaryl/α,β-unsaturated/α-hetero) is 1. The van der Waals surface area contributed by atoms with Gasteiger partial charge in [-0.3, -0.25) is 34.2 Å². The molecule has 25 nitrogen and oxygen atoms in total. The molecule has 108 heavy (non-hydrogen) atoms. The van der Waals surface area contributed by atoms with Crippen LogP contribution in [0.15, 0.2) is 235 Å². The van der Waals surface area contributed by atoms with E-state index in [2.05, 4.69) is 56.6 Å². The largest absolute Gasteiger partial charge is 0.505 e. The third-order valence-electron chi connectivity index (χ3n) is 18.0. The number of pyridine rings is 2. The van der Waals surface area contributed by atoms with Crippen LogP contribution < -0.4 is 52.5 Å². The van der Waals surface area contributed by atoms with Crippen molar-refractivity contribution in [2.24, 2.45) is 20.5 Å². The van der Waals surface area contributed by atoms with Gasteiger partial charge in [0.25, 0.3) is 17.7 Å². The third-order valence-corrected chi connectivity index (χ3v) is 18.7. The second kappa shape index (κ2) is 30.4. The van der Waals surface area contributed by atoms with E-state index in [1.54, 1.807) is 140 Å². The molecule has 1 aliphatic rings. The molecule has 0 saturated carbocycles. The summed E-state index contributed by atoms with van der Waals surface area (Å²) in [5.41, 5.74) is 14.6. The first-order chi connectivity index (χ1) is 51.9. The Kier molecular flexibility index (Phi) is 20.4. The topological polar surface area (TPSA) is 387 Å². The number of nitrogens with one attached hydrogen (secondary N) is 8. The number of phenols is 1. The number of carbonyl (C=O) groups is 4. The summed E-state index contributed by atoms with van der Waals surface area (Å²) in [5, 5.41) is 51.0. The lowest BCUT2D eigenvalue weighted by Crippen LogP contribution is -2.30. The van der Waals surface area contributed by atoms with Crippen molar-refractivity contribution in [1.29, 1.82) is 0 Å². The normalized spacial score (nSPS) is 12.4. The summed E-state index contributed by atoms with van der Waals surface area (Å²) in [6.07, 6.45) is 1.52. The standard InChI is InChI=1S/C33H28N4O5.C27H24N6O6S.C22H16N2O2/c1-20-12-13-23(19-38)27(16-20)35-33(41)26-17-21-8-6-7-11-25(21)30(31(26)39)37-36-28-18-22(14-15-29(28)42-2)32(40)34-24-9-4-3-5-10-24;1-14-9-22(23(39-2)11-16(14)13-40(28,37)38)32-33-24-18-6-4-3-5-15(18)10-19(25(24)34)26(35)29-17-7-8-20-21(12-17)31-27(36)30-20;1-11-3-5-17-13(7-11)21(25)15-9-20-16(10-19(15)23-17)22(26)14-8-12(2)4-6-18(14)24-20/h3-18,36,38H,19H2,1-2H3,(H,34,40)(H,35,41);3-12,34H,13H2,1-2H3,(H,29,35)(H2,28,37,38)(H2,30,31,36);3-10H,1-2H3,(H,23,25)(H,24,26)/b37-30-;;. The molecule has 540 valence electrons. The number of primary sulfonamides is 1. The van der Waals surface area contributed by atoms with Gasteiger partial charge in [0.05, 0.1) is 65.5 Å². The van der Waals surface area contributed by atoms with Gasteiger partial charge >= 0.3 is 5.69 Å². The van der Waals surface area contributed by atoms with Crippen LogP contribution in [-0.4, -0.2) is 82.0 Å². The Hall–Kier alpha value is -14.0. The molecule has 0 saturated heterocycles. The number of aromatic nitrogens is 4. The number of methoxy groups -OCH3 is 2. The van der Waals surface area contributed by atoms with E-state index in [4.69, 9.17) is 14.6 Å². The van der Waals surface area contributed by atoms with Crippen molar-refractivity contribution in [2.75, 3.05) is 35.6 Å². The van der Waals surface area contributed by atoms with Crippen LogP contribution in [0.4, 0.5) is 34.1 Å². The van der Waals surface area contributed by atoms with Crippen molar-refractivity contribution in [2.45, 2.75) is 40.1 Å². The second-order valence-corrected chi connectivity index (χ2v) is 27.2. The number of nitrogens with two attached hydrogens (primary N) is 1. The van der Waals surface area contributed by atoms with Crippen molar-refractivity contribution >= 4 is 145 Å². The van der Waals surface area contributed by atoms with Crippen molar-refractivity contribution in [3.8, 4) is 17.2 Å². The number of phenolic OH excluding ortho intramolecular Hbond substituents is 1. The lowest BCUT2D eigenvalue weighted by molar-refractivity contribution is -0.116. The fourth-order valence-electron chi connectivity index (χ4n) is 12.5. The number of aryl methyl sites for hydroxylation is 4. The average Bonchev–Trinajstić information content (AvgIpc) is 0.938. The zero-order valence-electron chi connectivity index (χ0n) is 58.8. The number of para-hydroxylation sites is 1. The molecule has 0 atom stereocenters. The zero-order chi connectivity index (χ0) is 76.2. The number of anilines is 4. The maximum Gasteiger partial charge on any atom is 0.323 e. The van der Waals surface area contributed by atoms with E-state index in [1.807, 2.05) is 81.4 Å². The Balaban J connectivity index is 0.000000147. The lowest BCUT2D eigenvalue weighted by Gasteiger charge is -2.18. The van der Waals surface area contributed by atoms with Gasteiger partial charge in [0, 0.05) is 71.7 Å². The number of nitrogens with zero attached hydrogens (tertiary/aromatic N) is 3. The Morgan fingerprint density at radius 2 is 1.13 bits per heavy atom. The summed E-state index contributed by atoms with van der Waals surface area (Å²) >= 11 is 0. The van der Waals surface area contributed by atoms with Gasteiger partial charge in [-0.05, 0) is 171 Å². The van der Waals surface area contributed by atoms with Crippen LogP contribution in [0, 0.1) is 27.7 Å². The number of aliphatic hydroxyl groups is 1. The van der Waals surface area contributed by atoms with E-state index >= 15 is 0 Å². The third kappa shape index (κ3) is 15.5. The number of rotatable bonds is 15. The molecule has 11 aromatic carbocycles. The molecule has 0 bridgehead atoms. The lowest BCUT2D eigenvalue weighted by atomic mass is 9.89. The molecule has 0 radical (unpaired) electrons. The first kappa shape index (κ1) is 72.4. The number of aromatic hydroxyl groups is 1. The average molecular weight is 1460 g/mol. The predicted molar refractivity (Wildman–Crippen MR) is 421 cm³/mol. The number of imidazole rings is 1. The highest BCUT2D eigenvalue weighted by Crippen LogP contribution is 2.42. The van der Waals surface area contributed by atoms with Gasteiger partial charge in [-0.2, -0.15) is 5.10 Å². The van der Waals surface area contributed by atoms with Crippen molar-refractivity contribution in [1.82, 2.24) is 19.9 Å². The minimum atomic E-state index is -3.77. The van der Waals surface area contributed by atoms with E-state index in [9.17, 15) is 52.2 Å². The maximum atomic E-state index is 13.7. The maximum absolute atomic E-state index is 13.7. The molecular formula is C82H68N12O13S. The van der Waals surface area contributed by atoms with Gasteiger partial charge in [0.15, 0.2) is 16.6 Å². The van der Waals surface area contributed by atoms with Gasteiger partial charge in [-0.15, -0.1) is 10.2 Å². The number of hydrogen-bond acceptors (Lipinski definition) is 17. The SMILES string of the molecule is COc1cc(CS(N)(=O)=O)c(C)cc1N=Nc1c(O)c(C(=O)Nc2ccc3[nH]c(=O)[nH]c3c2)cc2ccccc12.COc1ccc(C(=O)Nc2ccccc2)cc1N/N=C1\C(=O)C(C(=O)Nc2cc(C)ccc2CO)=Cc2ccccc21.Cc1ccc2[nH]c3cc4c(=O)c5cc(C)ccc5[nH]c4cc3c(=O)c2c1. The van der Waals surface area contributed by atoms with Crippen LogP contribution in [0.2, 0.25) is 0 Å². The zero-order valence-corrected chi connectivity index (χ0v) is 59.6. The van der Waals surface area contributed by atoms with Crippen LogP contribution >= 0.6 is 0 Å². The summed E-state index contributed by atoms with van der Waals surface area (Å²) in [6.45, 7) is 7.23. The Bertz CT molecular complexity index is 6340. The molecule has 15 rings (SSSR count). The van der Waals surface area contributed by atoms with Gasteiger partial charge in [-0.1, -0.05) is 102 Å². The molecule has 0 fully saturated rings. The highest BCUT2D eigenvalue weighted by atomic mass is 32.2. The molecule has 0 aliphatic heterocycles. The molecule has 14 aromatic rings. The number of amides is 3. The summed E-state index contributed by atoms with van der Waals surface area (Å²) < 4.78 is 34.0. The van der Waals surface area contributed by atoms with Gasteiger partial charge in [0.1, 0.15) is 28.6 Å². The molecular weight excluding hydrogens is 1390 g/mol. The van der Waals surface area contributed by atoms with E-state index in [1.165, 1.54) is 26.4 Å². The number of H-pyrrole nitrogens is 4. The second-order valence-electron chi connectivity index (χ2n) is 25.6.